The first-order valence-electron chi connectivity index (χ1n) is 8.01. The predicted octanol–water partition coefficient (Wildman–Crippen LogP) is 5.30. The second kappa shape index (κ2) is 7.02. The number of benzene rings is 3. The Labute approximate surface area is 146 Å². The van der Waals surface area contributed by atoms with Crippen LogP contribution < -0.4 is 9.47 Å². The summed E-state index contributed by atoms with van der Waals surface area (Å²) >= 11 is 1.84. The zero-order valence-corrected chi connectivity index (χ0v) is 14.1. The minimum absolute atomic E-state index is 0.328. The second-order valence-electron chi connectivity index (χ2n) is 5.78. The van der Waals surface area contributed by atoms with Crippen molar-refractivity contribution in [3.8, 4) is 11.5 Å². The fraction of sp³-hybridized carbons (Fsp3) is 0.143. The number of hydrogen-bond acceptors (Lipinski definition) is 3. The number of ether oxygens (including phenoxy) is 2. The molecular weight excluding hydrogens is 316 g/mol. The number of hydrogen-bond donors (Lipinski definition) is 0. The van der Waals surface area contributed by atoms with Crippen molar-refractivity contribution >= 4 is 11.8 Å². The Bertz CT molecular complexity index is 813. The van der Waals surface area contributed by atoms with E-state index in [1.54, 1.807) is 0 Å². The molecule has 0 saturated carbocycles. The molecule has 0 aromatic heterocycles. The van der Waals surface area contributed by atoms with Crippen LogP contribution in [-0.2, 0) is 12.2 Å². The van der Waals surface area contributed by atoms with Crippen LogP contribution in [0.4, 0.5) is 0 Å². The molecule has 1 aliphatic heterocycles. The van der Waals surface area contributed by atoms with E-state index in [1.165, 1.54) is 21.6 Å². The zero-order chi connectivity index (χ0) is 16.2. The second-order valence-corrected chi connectivity index (χ2v) is 6.83. The topological polar surface area (TPSA) is 18.5 Å². The van der Waals surface area contributed by atoms with Gasteiger partial charge in [0.25, 0.3) is 0 Å². The highest BCUT2D eigenvalue weighted by atomic mass is 32.2. The van der Waals surface area contributed by atoms with E-state index in [0.29, 0.717) is 6.79 Å². The quantitative estimate of drug-likeness (QED) is 0.590. The Morgan fingerprint density at radius 2 is 1.42 bits per heavy atom. The molecule has 3 heteroatoms. The Morgan fingerprint density at radius 1 is 0.708 bits per heavy atom. The Balaban J connectivity index is 1.37. The van der Waals surface area contributed by atoms with Crippen LogP contribution in [0.15, 0.2) is 77.7 Å². The molecule has 4 rings (SSSR count). The fourth-order valence-corrected chi connectivity index (χ4v) is 3.57. The van der Waals surface area contributed by atoms with Gasteiger partial charge in [0.05, 0.1) is 0 Å². The molecule has 0 radical (unpaired) electrons. The van der Waals surface area contributed by atoms with Gasteiger partial charge in [0.15, 0.2) is 11.5 Å². The van der Waals surface area contributed by atoms with Crippen LogP contribution >= 0.6 is 11.8 Å². The molecule has 0 saturated heterocycles. The minimum Gasteiger partial charge on any atom is -0.454 e. The minimum atomic E-state index is 0.328. The lowest BCUT2D eigenvalue weighted by atomic mass is 10.1. The fourth-order valence-electron chi connectivity index (χ4n) is 2.73. The molecule has 0 spiro atoms. The number of thioether (sulfide) groups is 1. The van der Waals surface area contributed by atoms with Crippen LogP contribution in [-0.4, -0.2) is 6.79 Å². The largest absolute Gasteiger partial charge is 0.454 e. The van der Waals surface area contributed by atoms with Crippen LogP contribution in [0.3, 0.4) is 0 Å². The van der Waals surface area contributed by atoms with Crippen LogP contribution in [0, 0.1) is 0 Å². The van der Waals surface area contributed by atoms with Crippen molar-refractivity contribution in [2.45, 2.75) is 17.1 Å². The monoisotopic (exact) mass is 334 g/mol. The van der Waals surface area contributed by atoms with Crippen molar-refractivity contribution in [3.63, 3.8) is 0 Å². The van der Waals surface area contributed by atoms with E-state index in [1.807, 2.05) is 17.8 Å². The summed E-state index contributed by atoms with van der Waals surface area (Å²) in [5.41, 5.74) is 3.93. The standard InChI is InChI=1S/C21H18O2S/c1-2-4-16(5-3-1)12-17-6-9-19(10-7-17)24-14-18-8-11-20-21(13-18)23-15-22-20/h1-11,13H,12,14-15H2. The van der Waals surface area contributed by atoms with E-state index in [2.05, 4.69) is 66.7 Å². The summed E-state index contributed by atoms with van der Waals surface area (Å²) in [6, 6.07) is 25.6. The van der Waals surface area contributed by atoms with E-state index in [9.17, 15) is 0 Å². The average Bonchev–Trinajstić information content (AvgIpc) is 3.10. The van der Waals surface area contributed by atoms with Gasteiger partial charge in [-0.15, -0.1) is 11.8 Å². The van der Waals surface area contributed by atoms with Crippen LogP contribution in [0.1, 0.15) is 16.7 Å². The number of rotatable bonds is 5. The third-order valence-corrected chi connectivity index (χ3v) is 5.10. The van der Waals surface area contributed by atoms with E-state index < -0.39 is 0 Å². The van der Waals surface area contributed by atoms with Gasteiger partial charge in [-0.05, 0) is 47.4 Å². The maximum Gasteiger partial charge on any atom is 0.231 e. The summed E-state index contributed by atoms with van der Waals surface area (Å²) in [5, 5.41) is 0. The summed E-state index contributed by atoms with van der Waals surface area (Å²) in [4.78, 5) is 1.28. The van der Waals surface area contributed by atoms with Gasteiger partial charge in [-0.2, -0.15) is 0 Å². The van der Waals surface area contributed by atoms with Crippen LogP contribution in [0.2, 0.25) is 0 Å². The molecule has 2 nitrogen and oxygen atoms in total. The molecule has 0 amide bonds. The van der Waals surface area contributed by atoms with Gasteiger partial charge >= 0.3 is 0 Å². The first-order chi connectivity index (χ1) is 11.9. The van der Waals surface area contributed by atoms with Crippen LogP contribution in [0.25, 0.3) is 0 Å². The molecule has 1 heterocycles. The normalized spacial score (nSPS) is 12.3. The lowest BCUT2D eigenvalue weighted by Crippen LogP contribution is -1.92. The van der Waals surface area contributed by atoms with E-state index in [4.69, 9.17) is 9.47 Å². The molecule has 0 aliphatic carbocycles. The van der Waals surface area contributed by atoms with E-state index in [0.717, 1.165) is 23.7 Å². The third kappa shape index (κ3) is 3.57. The SMILES string of the molecule is c1ccc(Cc2ccc(SCc3ccc4c(c3)OCO4)cc2)cc1. The molecule has 0 bridgehead atoms. The first-order valence-corrected chi connectivity index (χ1v) is 8.99. The van der Waals surface area contributed by atoms with Crippen molar-refractivity contribution in [1.29, 1.82) is 0 Å². The average molecular weight is 334 g/mol. The zero-order valence-electron chi connectivity index (χ0n) is 13.3. The van der Waals surface area contributed by atoms with Crippen LogP contribution in [0.5, 0.6) is 11.5 Å². The van der Waals surface area contributed by atoms with Crippen molar-refractivity contribution in [3.05, 3.63) is 89.5 Å². The molecule has 24 heavy (non-hydrogen) atoms. The summed E-state index contributed by atoms with van der Waals surface area (Å²) < 4.78 is 10.8. The van der Waals surface area contributed by atoms with Gasteiger partial charge in [-0.25, -0.2) is 0 Å². The highest BCUT2D eigenvalue weighted by Gasteiger charge is 2.13. The Kier molecular flexibility index (Phi) is 4.43. The molecule has 0 fully saturated rings. The van der Waals surface area contributed by atoms with Gasteiger partial charge in [-0.3, -0.25) is 0 Å². The smallest absolute Gasteiger partial charge is 0.231 e. The van der Waals surface area contributed by atoms with E-state index >= 15 is 0 Å². The van der Waals surface area contributed by atoms with Crippen molar-refractivity contribution in [2.75, 3.05) is 6.79 Å². The molecule has 3 aromatic carbocycles. The molecule has 1 aliphatic rings. The molecule has 0 N–H and O–H groups in total. The first kappa shape index (κ1) is 15.2. The number of fused-ring (bicyclic) bond motifs is 1. The summed E-state index contributed by atoms with van der Waals surface area (Å²) in [6.45, 7) is 0.328. The van der Waals surface area contributed by atoms with Gasteiger partial charge in [-0.1, -0.05) is 48.5 Å². The highest BCUT2D eigenvalue weighted by molar-refractivity contribution is 7.98. The van der Waals surface area contributed by atoms with Crippen molar-refractivity contribution < 1.29 is 9.47 Å². The molecule has 3 aromatic rings. The van der Waals surface area contributed by atoms with E-state index in [-0.39, 0.29) is 0 Å². The van der Waals surface area contributed by atoms with Crippen molar-refractivity contribution in [2.24, 2.45) is 0 Å². The Hall–Kier alpha value is -2.39. The Morgan fingerprint density at radius 3 is 2.25 bits per heavy atom. The highest BCUT2D eigenvalue weighted by Crippen LogP contribution is 2.34. The van der Waals surface area contributed by atoms with Gasteiger partial charge < -0.3 is 9.47 Å². The lowest BCUT2D eigenvalue weighted by Gasteiger charge is -2.06. The maximum atomic E-state index is 5.43. The molecule has 0 unspecified atom stereocenters. The molecular formula is C21H18O2S. The summed E-state index contributed by atoms with van der Waals surface area (Å²) in [7, 11) is 0. The van der Waals surface area contributed by atoms with Gasteiger partial charge in [0, 0.05) is 10.6 Å². The molecule has 0 atom stereocenters. The molecule has 120 valence electrons. The van der Waals surface area contributed by atoms with Gasteiger partial charge in [0.1, 0.15) is 0 Å². The predicted molar refractivity (Wildman–Crippen MR) is 97.8 cm³/mol. The third-order valence-electron chi connectivity index (χ3n) is 4.02. The summed E-state index contributed by atoms with van der Waals surface area (Å²) in [5.74, 6) is 2.62. The summed E-state index contributed by atoms with van der Waals surface area (Å²) in [6.07, 6.45) is 0.980. The van der Waals surface area contributed by atoms with Gasteiger partial charge in [0.2, 0.25) is 6.79 Å². The van der Waals surface area contributed by atoms with Crippen molar-refractivity contribution in [1.82, 2.24) is 0 Å². The maximum absolute atomic E-state index is 5.43. The lowest BCUT2D eigenvalue weighted by molar-refractivity contribution is 0.174.